The number of carbonyl (C=O) groups excluding carboxylic acids is 2. The van der Waals surface area contributed by atoms with E-state index >= 15 is 0 Å². The Morgan fingerprint density at radius 2 is 1.62 bits per heavy atom. The highest BCUT2D eigenvalue weighted by molar-refractivity contribution is 5.98. The summed E-state index contributed by atoms with van der Waals surface area (Å²) in [5.74, 6) is -0.291. The average molecular weight is 326 g/mol. The summed E-state index contributed by atoms with van der Waals surface area (Å²) in [6.45, 7) is 0. The third-order valence-corrected chi connectivity index (χ3v) is 3.43. The smallest absolute Gasteiger partial charge is 0.338 e. The molecule has 0 aliphatic rings. The van der Waals surface area contributed by atoms with Crippen LogP contribution >= 0.6 is 0 Å². The van der Waals surface area contributed by atoms with E-state index in [0.29, 0.717) is 11.1 Å². The highest BCUT2D eigenvalue weighted by atomic mass is 16.5. The summed E-state index contributed by atoms with van der Waals surface area (Å²) in [5.41, 5.74) is 2.13. The van der Waals surface area contributed by atoms with Gasteiger partial charge in [-0.2, -0.15) is 0 Å². The third-order valence-electron chi connectivity index (χ3n) is 3.43. The van der Waals surface area contributed by atoms with Gasteiger partial charge in [-0.15, -0.1) is 0 Å². The van der Waals surface area contributed by atoms with Crippen molar-refractivity contribution < 1.29 is 23.8 Å². The standard InChI is InChI=1S/C19H18O5/c1-22-16-6-4-5-13(11-16)7-8-14-9-10-15(18(20)23-2)12-17(14)19(21)24-3/h4-12H,1-3H3/b8-7+. The first-order chi connectivity index (χ1) is 11.6. The zero-order valence-electron chi connectivity index (χ0n) is 13.7. The lowest BCUT2D eigenvalue weighted by Gasteiger charge is -2.07. The van der Waals surface area contributed by atoms with E-state index in [-0.39, 0.29) is 5.56 Å². The average Bonchev–Trinajstić information content (AvgIpc) is 2.65. The Labute approximate surface area is 140 Å². The minimum Gasteiger partial charge on any atom is -0.497 e. The van der Waals surface area contributed by atoms with Gasteiger partial charge >= 0.3 is 11.9 Å². The lowest BCUT2D eigenvalue weighted by Crippen LogP contribution is -2.08. The Hall–Kier alpha value is -3.08. The van der Waals surface area contributed by atoms with Crippen LogP contribution in [0.25, 0.3) is 12.2 Å². The van der Waals surface area contributed by atoms with Crippen molar-refractivity contribution in [2.24, 2.45) is 0 Å². The van der Waals surface area contributed by atoms with E-state index in [1.807, 2.05) is 30.3 Å². The summed E-state index contributed by atoms with van der Waals surface area (Å²) in [6.07, 6.45) is 3.63. The number of hydrogen-bond donors (Lipinski definition) is 0. The van der Waals surface area contributed by atoms with Gasteiger partial charge in [0.2, 0.25) is 0 Å². The first kappa shape index (κ1) is 17.3. The number of methoxy groups -OCH3 is 3. The molecular formula is C19H18O5. The molecule has 0 radical (unpaired) electrons. The highest BCUT2D eigenvalue weighted by Gasteiger charge is 2.14. The predicted octanol–water partition coefficient (Wildman–Crippen LogP) is 3.44. The van der Waals surface area contributed by atoms with Crippen LogP contribution in [0.2, 0.25) is 0 Å². The first-order valence-electron chi connectivity index (χ1n) is 7.22. The maximum absolute atomic E-state index is 12.0. The van der Waals surface area contributed by atoms with Crippen LogP contribution in [0.3, 0.4) is 0 Å². The van der Waals surface area contributed by atoms with Crippen molar-refractivity contribution in [1.82, 2.24) is 0 Å². The van der Waals surface area contributed by atoms with E-state index in [2.05, 4.69) is 4.74 Å². The molecule has 2 aromatic rings. The number of esters is 2. The van der Waals surface area contributed by atoms with Gasteiger partial charge in [0.25, 0.3) is 0 Å². The molecule has 0 atom stereocenters. The van der Waals surface area contributed by atoms with E-state index in [1.165, 1.54) is 20.3 Å². The summed E-state index contributed by atoms with van der Waals surface area (Å²) in [6, 6.07) is 12.3. The molecule has 0 amide bonds. The van der Waals surface area contributed by atoms with E-state index < -0.39 is 11.9 Å². The molecule has 0 aliphatic carbocycles. The van der Waals surface area contributed by atoms with Gasteiger partial charge in [0, 0.05) is 0 Å². The van der Waals surface area contributed by atoms with Gasteiger partial charge in [-0.3, -0.25) is 0 Å². The van der Waals surface area contributed by atoms with Gasteiger partial charge < -0.3 is 14.2 Å². The zero-order valence-corrected chi connectivity index (χ0v) is 13.7. The molecule has 5 nitrogen and oxygen atoms in total. The number of rotatable bonds is 5. The highest BCUT2D eigenvalue weighted by Crippen LogP contribution is 2.19. The molecule has 0 aromatic heterocycles. The minimum atomic E-state index is -0.522. The van der Waals surface area contributed by atoms with E-state index in [0.717, 1.165) is 11.3 Å². The van der Waals surface area contributed by atoms with Gasteiger partial charge in [-0.05, 0) is 35.4 Å². The van der Waals surface area contributed by atoms with Crippen molar-refractivity contribution >= 4 is 24.1 Å². The number of hydrogen-bond acceptors (Lipinski definition) is 5. The summed E-state index contributed by atoms with van der Waals surface area (Å²) in [5, 5.41) is 0. The van der Waals surface area contributed by atoms with E-state index in [4.69, 9.17) is 9.47 Å². The van der Waals surface area contributed by atoms with Crippen molar-refractivity contribution in [2.45, 2.75) is 0 Å². The van der Waals surface area contributed by atoms with E-state index in [9.17, 15) is 9.59 Å². The Morgan fingerprint density at radius 1 is 0.875 bits per heavy atom. The van der Waals surface area contributed by atoms with E-state index in [1.54, 1.807) is 25.3 Å². The Bertz CT molecular complexity index is 777. The minimum absolute atomic E-state index is 0.288. The molecule has 24 heavy (non-hydrogen) atoms. The third kappa shape index (κ3) is 4.01. The second kappa shape index (κ2) is 7.97. The fraction of sp³-hybridized carbons (Fsp3) is 0.158. The topological polar surface area (TPSA) is 61.8 Å². The number of carbonyl (C=O) groups is 2. The zero-order chi connectivity index (χ0) is 17.5. The SMILES string of the molecule is COC(=O)c1ccc(/C=C/c2cccc(OC)c2)c(C(=O)OC)c1. The molecule has 0 bridgehead atoms. The van der Waals surface area contributed by atoms with Crippen molar-refractivity contribution in [1.29, 1.82) is 0 Å². The molecule has 0 N–H and O–H groups in total. The van der Waals surface area contributed by atoms with Crippen LogP contribution < -0.4 is 4.74 Å². The summed E-state index contributed by atoms with van der Waals surface area (Å²) < 4.78 is 14.6. The largest absolute Gasteiger partial charge is 0.497 e. The van der Waals surface area contributed by atoms with Crippen LogP contribution in [0.1, 0.15) is 31.8 Å². The van der Waals surface area contributed by atoms with Crippen molar-refractivity contribution in [3.05, 3.63) is 64.7 Å². The summed E-state index contributed by atoms with van der Waals surface area (Å²) in [7, 11) is 4.18. The molecule has 0 saturated carbocycles. The van der Waals surface area contributed by atoms with Crippen LogP contribution in [0, 0.1) is 0 Å². The van der Waals surface area contributed by atoms with Gasteiger partial charge in [0.05, 0.1) is 32.5 Å². The monoisotopic (exact) mass is 326 g/mol. The second-order valence-electron chi connectivity index (χ2n) is 4.90. The molecule has 0 aliphatic heterocycles. The van der Waals surface area contributed by atoms with Crippen LogP contribution in [0.15, 0.2) is 42.5 Å². The normalized spacial score (nSPS) is 10.5. The number of benzene rings is 2. The molecule has 0 heterocycles. The Kier molecular flexibility index (Phi) is 5.73. The maximum atomic E-state index is 12.0. The lowest BCUT2D eigenvalue weighted by atomic mass is 10.0. The van der Waals surface area contributed by atoms with Crippen LogP contribution in [0.4, 0.5) is 0 Å². The molecule has 0 saturated heterocycles. The number of ether oxygens (including phenoxy) is 3. The van der Waals surface area contributed by atoms with Crippen LogP contribution in [0.5, 0.6) is 5.75 Å². The first-order valence-corrected chi connectivity index (χ1v) is 7.22. The summed E-state index contributed by atoms with van der Waals surface area (Å²) >= 11 is 0. The summed E-state index contributed by atoms with van der Waals surface area (Å²) in [4.78, 5) is 23.6. The van der Waals surface area contributed by atoms with Crippen LogP contribution in [-0.2, 0) is 9.47 Å². The molecule has 0 unspecified atom stereocenters. The van der Waals surface area contributed by atoms with Crippen molar-refractivity contribution in [3.63, 3.8) is 0 Å². The fourth-order valence-electron chi connectivity index (χ4n) is 2.16. The fourth-order valence-corrected chi connectivity index (χ4v) is 2.16. The quantitative estimate of drug-likeness (QED) is 0.622. The van der Waals surface area contributed by atoms with Crippen molar-refractivity contribution in [2.75, 3.05) is 21.3 Å². The second-order valence-corrected chi connectivity index (χ2v) is 4.90. The maximum Gasteiger partial charge on any atom is 0.338 e. The molecule has 0 spiro atoms. The van der Waals surface area contributed by atoms with Crippen LogP contribution in [-0.4, -0.2) is 33.3 Å². The Morgan fingerprint density at radius 3 is 2.29 bits per heavy atom. The Balaban J connectivity index is 2.39. The molecule has 2 aromatic carbocycles. The lowest BCUT2D eigenvalue weighted by molar-refractivity contribution is 0.0599. The molecular weight excluding hydrogens is 308 g/mol. The van der Waals surface area contributed by atoms with Gasteiger partial charge in [-0.1, -0.05) is 30.4 Å². The molecule has 2 rings (SSSR count). The van der Waals surface area contributed by atoms with Gasteiger partial charge in [0.15, 0.2) is 0 Å². The molecule has 0 fully saturated rings. The molecule has 5 heteroatoms. The van der Waals surface area contributed by atoms with Gasteiger partial charge in [-0.25, -0.2) is 9.59 Å². The van der Waals surface area contributed by atoms with Crippen molar-refractivity contribution in [3.8, 4) is 5.75 Å². The molecule has 124 valence electrons. The van der Waals surface area contributed by atoms with Gasteiger partial charge in [0.1, 0.15) is 5.75 Å². The predicted molar refractivity (Wildman–Crippen MR) is 91.0 cm³/mol.